The molecule has 0 unspecified atom stereocenters. The zero-order valence-electron chi connectivity index (χ0n) is 1.51. The van der Waals surface area contributed by atoms with Crippen LogP contribution in [0.5, 0.6) is 0 Å². The molecule has 0 heterocycles. The minimum absolute atomic E-state index is 0. The second-order valence-electron chi connectivity index (χ2n) is 0. The Morgan fingerprint density at radius 1 is 1.25 bits per heavy atom. The summed E-state index contributed by atoms with van der Waals surface area (Å²) in [7, 11) is 0. The van der Waals surface area contributed by atoms with E-state index in [4.69, 9.17) is 3.83 Å². The van der Waals surface area contributed by atoms with Crippen LogP contribution in [-0.2, 0) is 36.8 Å². The van der Waals surface area contributed by atoms with E-state index in [0.717, 1.165) is 0 Å². The van der Waals surface area contributed by atoms with Gasteiger partial charge >= 0.3 is 19.8 Å². The molecule has 0 saturated heterocycles. The molecule has 4 heteroatoms. The molecular weight excluding hydrogens is 210 g/mol. The fourth-order valence-electron chi connectivity index (χ4n) is 0. The van der Waals surface area contributed by atoms with Gasteiger partial charge in [-0.3, -0.25) is 0 Å². The van der Waals surface area contributed by atoms with Crippen molar-refractivity contribution in [3.63, 3.8) is 0 Å². The number of rotatable bonds is 0. The van der Waals surface area contributed by atoms with Gasteiger partial charge < -0.3 is 0 Å². The van der Waals surface area contributed by atoms with Crippen LogP contribution in [0.15, 0.2) is 0 Å². The second kappa shape index (κ2) is 26.0. The molecule has 4 heavy (non-hydrogen) atoms. The molecule has 30 valence electrons. The SMILES string of the molecule is [As].[Fe].[O]=[Cu]. The third-order valence-corrected chi connectivity index (χ3v) is 0. The summed E-state index contributed by atoms with van der Waals surface area (Å²) in [4.78, 5) is 0. The van der Waals surface area contributed by atoms with Gasteiger partial charge in [0, 0.05) is 35.0 Å². The zero-order valence-corrected chi connectivity index (χ0v) is 5.43. The van der Waals surface area contributed by atoms with Crippen molar-refractivity contribution in [3.05, 3.63) is 0 Å². The molecule has 3 radical (unpaired) electrons. The molecule has 0 atom stereocenters. The van der Waals surface area contributed by atoms with Crippen LogP contribution in [0.1, 0.15) is 0 Å². The Bertz CT molecular complexity index is 8.00. The molecule has 0 rings (SSSR count). The average molecular weight is 210 g/mol. The van der Waals surface area contributed by atoms with E-state index < -0.39 is 0 Å². The fraction of sp³-hybridized carbons (Fsp3) is 0. The van der Waals surface area contributed by atoms with Crippen molar-refractivity contribution in [2.24, 2.45) is 0 Å². The van der Waals surface area contributed by atoms with E-state index >= 15 is 0 Å². The van der Waals surface area contributed by atoms with E-state index in [2.05, 4.69) is 15.9 Å². The Morgan fingerprint density at radius 3 is 1.25 bits per heavy atom. The first kappa shape index (κ1) is 18.2. The Morgan fingerprint density at radius 2 is 1.25 bits per heavy atom. The molecule has 0 bridgehead atoms. The van der Waals surface area contributed by atoms with Gasteiger partial charge in [-0.15, -0.1) is 0 Å². The molecule has 1 nitrogen and oxygen atoms in total. The van der Waals surface area contributed by atoms with E-state index in [9.17, 15) is 0 Å². The third kappa shape index (κ3) is 10.00. The van der Waals surface area contributed by atoms with E-state index in [1.165, 1.54) is 0 Å². The van der Waals surface area contributed by atoms with Gasteiger partial charge in [-0.25, -0.2) is 0 Å². The summed E-state index contributed by atoms with van der Waals surface area (Å²) in [6.07, 6.45) is 0. The van der Waals surface area contributed by atoms with Gasteiger partial charge in [0.05, 0.1) is 0 Å². The fourth-order valence-corrected chi connectivity index (χ4v) is 0. The average Bonchev–Trinajstić information content (AvgIpc) is 1.00. The summed E-state index contributed by atoms with van der Waals surface area (Å²) >= 11 is 2.94. The van der Waals surface area contributed by atoms with E-state index in [1.54, 1.807) is 0 Å². The van der Waals surface area contributed by atoms with Crippen LogP contribution in [0.2, 0.25) is 0 Å². The first-order valence-corrected chi connectivity index (χ1v) is 0.508. The van der Waals surface area contributed by atoms with Gasteiger partial charge in [0.15, 0.2) is 0 Å². The van der Waals surface area contributed by atoms with Crippen molar-refractivity contribution in [3.8, 4) is 0 Å². The van der Waals surface area contributed by atoms with Crippen molar-refractivity contribution in [1.29, 1.82) is 0 Å². The summed E-state index contributed by atoms with van der Waals surface area (Å²) in [6.45, 7) is 0. The molecule has 0 aliphatic heterocycles. The maximum atomic E-state index is 7.81. The van der Waals surface area contributed by atoms with E-state index in [-0.39, 0.29) is 35.0 Å². The third-order valence-electron chi connectivity index (χ3n) is 0. The van der Waals surface area contributed by atoms with Crippen LogP contribution >= 0.6 is 0 Å². The maximum absolute atomic E-state index is 7.81. The monoisotopic (exact) mass is 210 g/mol. The molecule has 0 aromatic heterocycles. The predicted octanol–water partition coefficient (Wildman–Crippen LogP) is -0.505. The quantitative estimate of drug-likeness (QED) is 0.492. The molecule has 0 amide bonds. The molecule has 0 aliphatic rings. The van der Waals surface area contributed by atoms with Crippen LogP contribution in [0, 0.1) is 0 Å². The van der Waals surface area contributed by atoms with Crippen molar-refractivity contribution in [2.45, 2.75) is 0 Å². The van der Waals surface area contributed by atoms with Gasteiger partial charge in [-0.05, 0) is 0 Å². The summed E-state index contributed by atoms with van der Waals surface area (Å²) in [5.41, 5.74) is 0. The number of hydrogen-bond donors (Lipinski definition) is 0. The van der Waals surface area contributed by atoms with E-state index in [0.29, 0.717) is 0 Å². The van der Waals surface area contributed by atoms with Crippen LogP contribution in [-0.4, -0.2) is 18.0 Å². The van der Waals surface area contributed by atoms with Crippen molar-refractivity contribution in [1.82, 2.24) is 0 Å². The van der Waals surface area contributed by atoms with Crippen LogP contribution in [0.3, 0.4) is 0 Å². The van der Waals surface area contributed by atoms with Crippen molar-refractivity contribution < 1.29 is 36.8 Å². The first-order valence-electron chi connectivity index (χ1n) is 0.123. The molecule has 0 aromatic rings. The van der Waals surface area contributed by atoms with Crippen LogP contribution < -0.4 is 0 Å². The standard InChI is InChI=1S/As.Cu.Fe.O. The minimum atomic E-state index is 0. The molecule has 0 N–H and O–H groups in total. The van der Waals surface area contributed by atoms with Gasteiger partial charge in [0.2, 0.25) is 0 Å². The Hall–Kier alpha value is 1.40. The Labute approximate surface area is 54.7 Å². The molecular formula is AsCuFeO. The summed E-state index contributed by atoms with van der Waals surface area (Å²) in [5.74, 6) is 0. The second-order valence-corrected chi connectivity index (χ2v) is 0. The van der Waals surface area contributed by atoms with Gasteiger partial charge in [0.25, 0.3) is 0 Å². The van der Waals surface area contributed by atoms with E-state index in [1.807, 2.05) is 0 Å². The van der Waals surface area contributed by atoms with Crippen molar-refractivity contribution in [2.75, 3.05) is 0 Å². The summed E-state index contributed by atoms with van der Waals surface area (Å²) < 4.78 is 7.81. The molecule has 0 spiro atoms. The first-order chi connectivity index (χ1) is 1.00. The van der Waals surface area contributed by atoms with Crippen molar-refractivity contribution >= 4 is 18.0 Å². The van der Waals surface area contributed by atoms with Gasteiger partial charge in [-0.1, -0.05) is 0 Å². The zero-order chi connectivity index (χ0) is 2.00. The Kier molecular flexibility index (Phi) is 118. The molecule has 0 saturated carbocycles. The summed E-state index contributed by atoms with van der Waals surface area (Å²) in [6, 6.07) is 0. The van der Waals surface area contributed by atoms with Gasteiger partial charge in [-0.2, -0.15) is 0 Å². The number of hydrogen-bond acceptors (Lipinski definition) is 1. The van der Waals surface area contributed by atoms with Crippen LogP contribution in [0.4, 0.5) is 0 Å². The summed E-state index contributed by atoms with van der Waals surface area (Å²) in [5, 5.41) is 0. The normalized spacial score (nSPS) is 1.50. The molecule has 0 aliphatic carbocycles. The molecule has 0 aromatic carbocycles. The topological polar surface area (TPSA) is 17.1 Å². The molecule has 0 fully saturated rings. The van der Waals surface area contributed by atoms with Crippen LogP contribution in [0.25, 0.3) is 0 Å². The predicted molar refractivity (Wildman–Crippen MR) is 6.44 cm³/mol. The van der Waals surface area contributed by atoms with Gasteiger partial charge in [0.1, 0.15) is 0 Å². The Balaban J connectivity index is -0.00000000500.